The van der Waals surface area contributed by atoms with Gasteiger partial charge in [-0.15, -0.1) is 6.58 Å². The normalized spacial score (nSPS) is 10.9. The van der Waals surface area contributed by atoms with E-state index in [1.165, 1.54) is 17.3 Å². The van der Waals surface area contributed by atoms with E-state index in [9.17, 15) is 9.59 Å². The zero-order chi connectivity index (χ0) is 22.5. The number of furan rings is 1. The fraction of sp³-hybridized carbons (Fsp3) is 0.160. The van der Waals surface area contributed by atoms with Gasteiger partial charge in [0.05, 0.1) is 23.7 Å². The SMILES string of the molecule is C=CCn1c(SCc2ccc(C)cc2)nc2cc(C(=O)NCc3ccco3)ccc2c1=O. The fourth-order valence-corrected chi connectivity index (χ4v) is 4.22. The summed E-state index contributed by atoms with van der Waals surface area (Å²) >= 11 is 1.49. The van der Waals surface area contributed by atoms with E-state index in [2.05, 4.69) is 36.2 Å². The van der Waals surface area contributed by atoms with Crippen LogP contribution in [-0.2, 0) is 18.8 Å². The van der Waals surface area contributed by atoms with Crippen LogP contribution in [-0.4, -0.2) is 15.5 Å². The number of allylic oxidation sites excluding steroid dienone is 1. The average molecular weight is 446 g/mol. The van der Waals surface area contributed by atoms with E-state index in [1.54, 1.807) is 47.2 Å². The number of amides is 1. The zero-order valence-corrected chi connectivity index (χ0v) is 18.5. The van der Waals surface area contributed by atoms with Gasteiger partial charge in [0.2, 0.25) is 0 Å². The lowest BCUT2D eigenvalue weighted by Gasteiger charge is -2.12. The summed E-state index contributed by atoms with van der Waals surface area (Å²) in [5, 5.41) is 3.88. The third kappa shape index (κ3) is 4.84. The minimum Gasteiger partial charge on any atom is -0.467 e. The molecule has 0 spiro atoms. The first kappa shape index (κ1) is 21.6. The molecule has 4 aromatic rings. The quantitative estimate of drug-likeness (QED) is 0.242. The predicted octanol–water partition coefficient (Wildman–Crippen LogP) is 4.71. The van der Waals surface area contributed by atoms with Gasteiger partial charge in [0.15, 0.2) is 5.16 Å². The molecule has 162 valence electrons. The number of thioether (sulfide) groups is 1. The predicted molar refractivity (Wildman–Crippen MR) is 127 cm³/mol. The molecular formula is C25H23N3O3S. The van der Waals surface area contributed by atoms with E-state index in [0.29, 0.717) is 39.7 Å². The van der Waals surface area contributed by atoms with Crippen LogP contribution >= 0.6 is 11.8 Å². The molecule has 4 rings (SSSR count). The summed E-state index contributed by atoms with van der Waals surface area (Å²) in [5.41, 5.74) is 3.12. The minimum absolute atomic E-state index is 0.149. The van der Waals surface area contributed by atoms with Crippen molar-refractivity contribution in [2.45, 2.75) is 30.9 Å². The van der Waals surface area contributed by atoms with Crippen molar-refractivity contribution in [2.24, 2.45) is 0 Å². The van der Waals surface area contributed by atoms with Crippen LogP contribution < -0.4 is 10.9 Å². The maximum atomic E-state index is 13.1. The van der Waals surface area contributed by atoms with E-state index in [-0.39, 0.29) is 18.0 Å². The van der Waals surface area contributed by atoms with Gasteiger partial charge in [-0.3, -0.25) is 14.2 Å². The summed E-state index contributed by atoms with van der Waals surface area (Å²) in [7, 11) is 0. The maximum absolute atomic E-state index is 13.1. The molecule has 0 saturated heterocycles. The van der Waals surface area contributed by atoms with E-state index in [4.69, 9.17) is 9.40 Å². The molecule has 0 atom stereocenters. The number of carbonyl (C=O) groups excluding carboxylic acids is 1. The Balaban J connectivity index is 1.62. The molecule has 0 unspecified atom stereocenters. The highest BCUT2D eigenvalue weighted by atomic mass is 32.2. The first-order valence-corrected chi connectivity index (χ1v) is 11.2. The summed E-state index contributed by atoms with van der Waals surface area (Å²) in [5.74, 6) is 1.09. The zero-order valence-electron chi connectivity index (χ0n) is 17.7. The molecule has 0 fully saturated rings. The molecule has 2 aromatic carbocycles. The lowest BCUT2D eigenvalue weighted by atomic mass is 10.1. The Morgan fingerprint density at radius 1 is 1.22 bits per heavy atom. The Hall–Kier alpha value is -3.58. The number of rotatable bonds is 8. The van der Waals surface area contributed by atoms with Crippen molar-refractivity contribution in [1.82, 2.24) is 14.9 Å². The van der Waals surface area contributed by atoms with Gasteiger partial charge in [0.25, 0.3) is 11.5 Å². The van der Waals surface area contributed by atoms with E-state index < -0.39 is 0 Å². The number of aryl methyl sites for hydroxylation is 1. The fourth-order valence-electron chi connectivity index (χ4n) is 3.26. The van der Waals surface area contributed by atoms with Crippen molar-refractivity contribution in [3.63, 3.8) is 0 Å². The number of hydrogen-bond acceptors (Lipinski definition) is 5. The summed E-state index contributed by atoms with van der Waals surface area (Å²) in [6, 6.07) is 16.8. The Morgan fingerprint density at radius 3 is 2.75 bits per heavy atom. The van der Waals surface area contributed by atoms with Gasteiger partial charge in [0.1, 0.15) is 5.76 Å². The molecule has 7 heteroatoms. The van der Waals surface area contributed by atoms with Gasteiger partial charge in [0, 0.05) is 17.9 Å². The van der Waals surface area contributed by atoms with Gasteiger partial charge < -0.3 is 9.73 Å². The lowest BCUT2D eigenvalue weighted by Crippen LogP contribution is -2.24. The van der Waals surface area contributed by atoms with Gasteiger partial charge in [-0.25, -0.2) is 4.98 Å². The maximum Gasteiger partial charge on any atom is 0.262 e. The highest BCUT2D eigenvalue weighted by molar-refractivity contribution is 7.98. The number of hydrogen-bond donors (Lipinski definition) is 1. The standard InChI is InChI=1S/C25H23N3O3S/c1-3-12-28-24(30)21-11-10-19(23(29)26-15-20-5-4-13-31-20)14-22(21)27-25(28)32-16-18-8-6-17(2)7-9-18/h3-11,13-14H,1,12,15-16H2,2H3,(H,26,29). The van der Waals surface area contributed by atoms with Crippen molar-refractivity contribution >= 4 is 28.6 Å². The molecule has 0 bridgehead atoms. The van der Waals surface area contributed by atoms with Crippen LogP contribution in [0.5, 0.6) is 0 Å². The number of fused-ring (bicyclic) bond motifs is 1. The highest BCUT2D eigenvalue weighted by Gasteiger charge is 2.14. The summed E-state index contributed by atoms with van der Waals surface area (Å²) in [4.78, 5) is 30.4. The number of aromatic nitrogens is 2. The molecule has 0 aliphatic heterocycles. The molecule has 6 nitrogen and oxygen atoms in total. The number of carbonyl (C=O) groups is 1. The molecule has 32 heavy (non-hydrogen) atoms. The lowest BCUT2D eigenvalue weighted by molar-refractivity contribution is 0.0948. The van der Waals surface area contributed by atoms with Gasteiger partial charge in [-0.05, 0) is 42.8 Å². The molecule has 0 aliphatic rings. The van der Waals surface area contributed by atoms with Crippen LogP contribution in [0.25, 0.3) is 10.9 Å². The Bertz CT molecular complexity index is 1310. The smallest absolute Gasteiger partial charge is 0.262 e. The van der Waals surface area contributed by atoms with Crippen LogP contribution in [0.3, 0.4) is 0 Å². The molecular weight excluding hydrogens is 422 g/mol. The monoisotopic (exact) mass is 445 g/mol. The molecule has 0 radical (unpaired) electrons. The first-order valence-electron chi connectivity index (χ1n) is 10.2. The minimum atomic E-state index is -0.255. The molecule has 2 aromatic heterocycles. The Kier molecular flexibility index (Phi) is 6.56. The van der Waals surface area contributed by atoms with E-state index >= 15 is 0 Å². The second-order valence-corrected chi connectivity index (χ2v) is 8.31. The van der Waals surface area contributed by atoms with Crippen LogP contribution in [0.1, 0.15) is 27.2 Å². The summed E-state index contributed by atoms with van der Waals surface area (Å²) in [6.07, 6.45) is 3.24. The topological polar surface area (TPSA) is 77.1 Å². The van der Waals surface area contributed by atoms with Crippen LogP contribution in [0, 0.1) is 6.92 Å². The summed E-state index contributed by atoms with van der Waals surface area (Å²) in [6.45, 7) is 6.47. The Labute approximate surface area is 190 Å². The van der Waals surface area contributed by atoms with Crippen molar-refractivity contribution < 1.29 is 9.21 Å². The number of nitrogens with one attached hydrogen (secondary N) is 1. The largest absolute Gasteiger partial charge is 0.467 e. The second kappa shape index (κ2) is 9.70. The second-order valence-electron chi connectivity index (χ2n) is 7.37. The number of benzene rings is 2. The third-order valence-electron chi connectivity index (χ3n) is 4.99. The van der Waals surface area contributed by atoms with E-state index in [1.807, 2.05) is 6.92 Å². The Morgan fingerprint density at radius 2 is 2.03 bits per heavy atom. The summed E-state index contributed by atoms with van der Waals surface area (Å²) < 4.78 is 6.86. The van der Waals surface area contributed by atoms with Gasteiger partial charge >= 0.3 is 0 Å². The van der Waals surface area contributed by atoms with Crippen LogP contribution in [0.2, 0.25) is 0 Å². The number of nitrogens with zero attached hydrogens (tertiary/aromatic N) is 2. The average Bonchev–Trinajstić information content (AvgIpc) is 3.32. The van der Waals surface area contributed by atoms with E-state index in [0.717, 1.165) is 5.56 Å². The molecule has 2 heterocycles. The van der Waals surface area contributed by atoms with Crippen molar-refractivity contribution in [2.75, 3.05) is 0 Å². The molecule has 0 aliphatic carbocycles. The highest BCUT2D eigenvalue weighted by Crippen LogP contribution is 2.23. The van der Waals surface area contributed by atoms with Crippen molar-refractivity contribution in [3.8, 4) is 0 Å². The third-order valence-corrected chi connectivity index (χ3v) is 6.03. The van der Waals surface area contributed by atoms with Gasteiger partial charge in [-0.2, -0.15) is 0 Å². The molecule has 0 saturated carbocycles. The van der Waals surface area contributed by atoms with Crippen molar-refractivity contribution in [3.05, 3.63) is 106 Å². The van der Waals surface area contributed by atoms with Crippen molar-refractivity contribution in [1.29, 1.82) is 0 Å². The van der Waals surface area contributed by atoms with Gasteiger partial charge in [-0.1, -0.05) is 47.7 Å². The van der Waals surface area contributed by atoms with Crippen LogP contribution in [0.4, 0.5) is 0 Å². The van der Waals surface area contributed by atoms with Crippen LogP contribution in [0.15, 0.2) is 87.9 Å². The molecule has 1 N–H and O–H groups in total. The first-order chi connectivity index (χ1) is 15.5. The molecule has 1 amide bonds.